The smallest absolute Gasteiger partial charge is 0.329 e. The molecule has 0 bridgehead atoms. The highest BCUT2D eigenvalue weighted by molar-refractivity contribution is 8.12. The van der Waals surface area contributed by atoms with Crippen molar-refractivity contribution in [2.45, 2.75) is 6.92 Å². The van der Waals surface area contributed by atoms with Gasteiger partial charge in [0.2, 0.25) is 11.0 Å². The highest BCUT2D eigenvalue weighted by Gasteiger charge is 2.13. The molecule has 4 aromatic rings. The zero-order chi connectivity index (χ0) is 22.7. The Kier molecular flexibility index (Phi) is 5.86. The Bertz CT molecular complexity index is 1320. The highest BCUT2D eigenvalue weighted by atomic mass is 32.2. The first-order valence-electron chi connectivity index (χ1n) is 9.39. The molecule has 9 nitrogen and oxygen atoms in total. The Morgan fingerprint density at radius 1 is 1.03 bits per heavy atom. The van der Waals surface area contributed by atoms with Gasteiger partial charge in [0, 0.05) is 40.9 Å². The van der Waals surface area contributed by atoms with E-state index >= 15 is 0 Å². The maximum atomic E-state index is 12.1. The molecule has 3 aromatic carbocycles. The Hall–Kier alpha value is -4.18. The number of carbonyl (C=O) groups is 2. The van der Waals surface area contributed by atoms with E-state index in [0.717, 1.165) is 16.6 Å². The second kappa shape index (κ2) is 8.90. The lowest BCUT2D eigenvalue weighted by atomic mass is 10.2. The average molecular weight is 448 g/mol. The van der Waals surface area contributed by atoms with Crippen molar-refractivity contribution in [1.29, 1.82) is 0 Å². The van der Waals surface area contributed by atoms with E-state index in [0.29, 0.717) is 29.1 Å². The molecule has 0 unspecified atom stereocenters. The molecule has 32 heavy (non-hydrogen) atoms. The Balaban J connectivity index is 1.34. The Morgan fingerprint density at radius 3 is 2.44 bits per heavy atom. The highest BCUT2D eigenvalue weighted by Crippen LogP contribution is 2.26. The standard InChI is InChI=1S/C22H16N4O5S/c1-13-2-11-19-18(12-13)24-20(31-19)14-3-7-16(8-4-14)23-22(28)25-32-21(27)15-5-9-17(10-6-15)26(29)30/h2-12H,1H3,(H2,23,25,28). The van der Waals surface area contributed by atoms with Crippen molar-refractivity contribution in [2.75, 3.05) is 5.32 Å². The van der Waals surface area contributed by atoms with Gasteiger partial charge < -0.3 is 9.73 Å². The van der Waals surface area contributed by atoms with Gasteiger partial charge >= 0.3 is 6.03 Å². The van der Waals surface area contributed by atoms with Crippen LogP contribution in [-0.2, 0) is 0 Å². The second-order valence-electron chi connectivity index (χ2n) is 6.82. The average Bonchev–Trinajstić information content (AvgIpc) is 3.21. The molecule has 1 aromatic heterocycles. The van der Waals surface area contributed by atoms with E-state index in [4.69, 9.17) is 4.42 Å². The molecular formula is C22H16N4O5S. The van der Waals surface area contributed by atoms with Gasteiger partial charge in [-0.3, -0.25) is 19.6 Å². The van der Waals surface area contributed by atoms with Crippen molar-refractivity contribution in [2.24, 2.45) is 0 Å². The number of aryl methyl sites for hydroxylation is 1. The van der Waals surface area contributed by atoms with E-state index in [1.165, 1.54) is 24.3 Å². The minimum Gasteiger partial charge on any atom is -0.436 e. The third-order valence-corrected chi connectivity index (χ3v) is 5.19. The molecule has 0 saturated carbocycles. The van der Waals surface area contributed by atoms with Gasteiger partial charge in [-0.25, -0.2) is 9.78 Å². The molecule has 10 heteroatoms. The van der Waals surface area contributed by atoms with Gasteiger partial charge in [0.25, 0.3) is 5.69 Å². The molecular weight excluding hydrogens is 432 g/mol. The third-order valence-electron chi connectivity index (χ3n) is 4.48. The monoisotopic (exact) mass is 448 g/mol. The summed E-state index contributed by atoms with van der Waals surface area (Å²) >= 11 is 0.579. The van der Waals surface area contributed by atoms with Crippen LogP contribution in [0.5, 0.6) is 0 Å². The lowest BCUT2D eigenvalue weighted by Crippen LogP contribution is -2.24. The van der Waals surface area contributed by atoms with Crippen molar-refractivity contribution in [3.8, 4) is 11.5 Å². The molecule has 0 fully saturated rings. The molecule has 0 aliphatic rings. The van der Waals surface area contributed by atoms with Crippen LogP contribution in [0.3, 0.4) is 0 Å². The molecule has 0 radical (unpaired) electrons. The Morgan fingerprint density at radius 2 is 1.75 bits per heavy atom. The molecule has 1 heterocycles. The molecule has 0 aliphatic carbocycles. The van der Waals surface area contributed by atoms with Crippen LogP contribution in [0, 0.1) is 17.0 Å². The van der Waals surface area contributed by atoms with E-state index in [9.17, 15) is 19.7 Å². The van der Waals surface area contributed by atoms with Crippen LogP contribution in [0.2, 0.25) is 0 Å². The number of nitrogens with zero attached hydrogens (tertiary/aromatic N) is 2. The summed E-state index contributed by atoms with van der Waals surface area (Å²) in [6.45, 7) is 1.98. The van der Waals surface area contributed by atoms with E-state index in [-0.39, 0.29) is 11.3 Å². The number of rotatable bonds is 4. The van der Waals surface area contributed by atoms with Crippen molar-refractivity contribution in [1.82, 2.24) is 9.71 Å². The molecule has 2 N–H and O–H groups in total. The van der Waals surface area contributed by atoms with Crippen LogP contribution < -0.4 is 10.0 Å². The zero-order valence-corrected chi connectivity index (χ0v) is 17.5. The van der Waals surface area contributed by atoms with Gasteiger partial charge in [-0.15, -0.1) is 0 Å². The summed E-state index contributed by atoms with van der Waals surface area (Å²) in [7, 11) is 0. The summed E-state index contributed by atoms with van der Waals surface area (Å²) in [6, 6.07) is 17.2. The van der Waals surface area contributed by atoms with Gasteiger partial charge in [0.05, 0.1) is 4.92 Å². The summed E-state index contributed by atoms with van der Waals surface area (Å²) in [5.74, 6) is 0.478. The number of carbonyl (C=O) groups excluding carboxylic acids is 2. The van der Waals surface area contributed by atoms with Crippen molar-refractivity contribution >= 4 is 45.6 Å². The number of hydrogen-bond donors (Lipinski definition) is 2. The minimum atomic E-state index is -0.588. The fraction of sp³-hybridized carbons (Fsp3) is 0.0455. The Labute approximate surface area is 186 Å². The molecule has 4 rings (SSSR count). The number of nitrogens with one attached hydrogen (secondary N) is 2. The number of anilines is 1. The first-order chi connectivity index (χ1) is 15.4. The number of nitro groups is 1. The normalized spacial score (nSPS) is 10.7. The van der Waals surface area contributed by atoms with E-state index in [2.05, 4.69) is 15.0 Å². The van der Waals surface area contributed by atoms with Gasteiger partial charge in [0.1, 0.15) is 5.52 Å². The predicted octanol–water partition coefficient (Wildman–Crippen LogP) is 5.32. The summed E-state index contributed by atoms with van der Waals surface area (Å²) < 4.78 is 8.16. The van der Waals surface area contributed by atoms with Crippen molar-refractivity contribution in [3.05, 3.63) is 88.0 Å². The van der Waals surface area contributed by atoms with Crippen LogP contribution in [0.4, 0.5) is 16.2 Å². The van der Waals surface area contributed by atoms with Crippen LogP contribution in [0.15, 0.2) is 71.1 Å². The summed E-state index contributed by atoms with van der Waals surface area (Å²) in [5.41, 5.74) is 3.95. The van der Waals surface area contributed by atoms with Gasteiger partial charge in [-0.1, -0.05) is 6.07 Å². The summed E-state index contributed by atoms with van der Waals surface area (Å²) in [6.07, 6.45) is 0. The molecule has 2 amide bonds. The molecule has 0 aliphatic heterocycles. The number of aromatic nitrogens is 1. The summed E-state index contributed by atoms with van der Waals surface area (Å²) in [4.78, 5) is 38.8. The van der Waals surface area contributed by atoms with Gasteiger partial charge in [-0.2, -0.15) is 0 Å². The lowest BCUT2D eigenvalue weighted by Gasteiger charge is -2.07. The number of urea groups is 1. The first kappa shape index (κ1) is 21.1. The largest absolute Gasteiger partial charge is 0.436 e. The molecule has 0 spiro atoms. The number of amides is 2. The second-order valence-corrected chi connectivity index (χ2v) is 7.60. The molecule has 0 saturated heterocycles. The van der Waals surface area contributed by atoms with Crippen molar-refractivity contribution < 1.29 is 18.9 Å². The fourth-order valence-electron chi connectivity index (χ4n) is 2.88. The number of hydrogen-bond acceptors (Lipinski definition) is 7. The first-order valence-corrected chi connectivity index (χ1v) is 10.2. The quantitative estimate of drug-likeness (QED) is 0.246. The summed E-state index contributed by atoms with van der Waals surface area (Å²) in [5, 5.41) is 12.8. The van der Waals surface area contributed by atoms with Crippen LogP contribution in [0.25, 0.3) is 22.6 Å². The topological polar surface area (TPSA) is 127 Å². The fourth-order valence-corrected chi connectivity index (χ4v) is 3.37. The molecule has 160 valence electrons. The third kappa shape index (κ3) is 4.76. The van der Waals surface area contributed by atoms with E-state index < -0.39 is 16.1 Å². The maximum absolute atomic E-state index is 12.1. The lowest BCUT2D eigenvalue weighted by molar-refractivity contribution is -0.384. The van der Waals surface area contributed by atoms with Gasteiger partial charge in [-0.05, 0) is 61.0 Å². The minimum absolute atomic E-state index is 0.117. The molecule has 0 atom stereocenters. The maximum Gasteiger partial charge on any atom is 0.329 e. The SMILES string of the molecule is Cc1ccc2oc(-c3ccc(NC(=O)NSC(=O)c4ccc([N+](=O)[O-])cc4)cc3)nc2c1. The van der Waals surface area contributed by atoms with Crippen LogP contribution in [0.1, 0.15) is 15.9 Å². The number of non-ortho nitro benzene ring substituents is 1. The predicted molar refractivity (Wildman–Crippen MR) is 121 cm³/mol. The number of nitro benzene ring substituents is 1. The van der Waals surface area contributed by atoms with E-state index in [1.807, 2.05) is 25.1 Å². The number of benzene rings is 3. The number of fused-ring (bicyclic) bond motifs is 1. The van der Waals surface area contributed by atoms with Gasteiger partial charge in [0.15, 0.2) is 5.58 Å². The van der Waals surface area contributed by atoms with Crippen LogP contribution >= 0.6 is 11.9 Å². The zero-order valence-electron chi connectivity index (χ0n) is 16.7. The van der Waals surface area contributed by atoms with Crippen LogP contribution in [-0.4, -0.2) is 21.1 Å². The van der Waals surface area contributed by atoms with E-state index in [1.54, 1.807) is 24.3 Å². The van der Waals surface area contributed by atoms with Crippen molar-refractivity contribution in [3.63, 3.8) is 0 Å². The number of oxazole rings is 1.